The molecule has 1 aliphatic carbocycles. The zero-order valence-electron chi connectivity index (χ0n) is 9.35. The van der Waals surface area contributed by atoms with E-state index in [9.17, 15) is 0 Å². The Kier molecular flexibility index (Phi) is 2.85. The van der Waals surface area contributed by atoms with E-state index in [2.05, 4.69) is 34.6 Å². The van der Waals surface area contributed by atoms with Crippen molar-refractivity contribution in [1.29, 1.82) is 0 Å². The molecule has 0 aliphatic heterocycles. The lowest BCUT2D eigenvalue weighted by Gasteiger charge is -2.35. The van der Waals surface area contributed by atoms with Crippen LogP contribution in [0.3, 0.4) is 0 Å². The lowest BCUT2D eigenvalue weighted by molar-refractivity contribution is 0.144. The normalized spacial score (nSPS) is 36.8. The first kappa shape index (κ1) is 10.1. The molecule has 12 heavy (non-hydrogen) atoms. The molecule has 72 valence electrons. The molecule has 1 saturated carbocycles. The maximum Gasteiger partial charge on any atom is -0.0298 e. The highest BCUT2D eigenvalue weighted by atomic mass is 14.5. The van der Waals surface area contributed by atoms with Crippen LogP contribution in [-0.2, 0) is 0 Å². The van der Waals surface area contributed by atoms with E-state index in [-0.39, 0.29) is 0 Å². The molecule has 0 saturated heterocycles. The number of hydrogen-bond acceptors (Lipinski definition) is 0. The summed E-state index contributed by atoms with van der Waals surface area (Å²) >= 11 is 0. The summed E-state index contributed by atoms with van der Waals surface area (Å²) < 4.78 is 0. The number of rotatable bonds is 2. The Bertz CT molecular complexity index is 146. The van der Waals surface area contributed by atoms with E-state index in [1.165, 1.54) is 19.3 Å². The maximum absolute atomic E-state index is 2.46. The van der Waals surface area contributed by atoms with Crippen molar-refractivity contribution in [2.24, 2.45) is 23.2 Å². The van der Waals surface area contributed by atoms with Gasteiger partial charge in [-0.05, 0) is 36.0 Å². The second kappa shape index (κ2) is 3.40. The zero-order valence-corrected chi connectivity index (χ0v) is 9.35. The minimum Gasteiger partial charge on any atom is -0.0651 e. The molecule has 0 heterocycles. The molecule has 0 aromatic rings. The average molecular weight is 168 g/mol. The molecule has 1 rings (SSSR count). The topological polar surface area (TPSA) is 0 Å². The van der Waals surface area contributed by atoms with Crippen LogP contribution in [0.1, 0.15) is 53.9 Å². The second-order valence-electron chi connectivity index (χ2n) is 5.29. The molecule has 3 unspecified atom stereocenters. The summed E-state index contributed by atoms with van der Waals surface area (Å²) in [6.07, 6.45) is 4.26. The third kappa shape index (κ3) is 1.53. The van der Waals surface area contributed by atoms with E-state index < -0.39 is 0 Å². The van der Waals surface area contributed by atoms with Crippen molar-refractivity contribution in [3.05, 3.63) is 0 Å². The number of hydrogen-bond donors (Lipinski definition) is 0. The van der Waals surface area contributed by atoms with Crippen LogP contribution in [0.5, 0.6) is 0 Å². The van der Waals surface area contributed by atoms with Crippen LogP contribution in [0.25, 0.3) is 0 Å². The van der Waals surface area contributed by atoms with Gasteiger partial charge in [0.1, 0.15) is 0 Å². The standard InChI is InChI=1S/C12H24/c1-6-9(2)11-8-7-10(3)12(11,4)5/h9-11H,6-8H2,1-5H3. The second-order valence-corrected chi connectivity index (χ2v) is 5.29. The average Bonchev–Trinajstić information content (AvgIpc) is 2.27. The summed E-state index contributed by atoms with van der Waals surface area (Å²) in [4.78, 5) is 0. The van der Waals surface area contributed by atoms with E-state index >= 15 is 0 Å². The molecule has 0 aromatic heterocycles. The first-order valence-electron chi connectivity index (χ1n) is 5.50. The van der Waals surface area contributed by atoms with Gasteiger partial charge >= 0.3 is 0 Å². The van der Waals surface area contributed by atoms with Crippen molar-refractivity contribution in [1.82, 2.24) is 0 Å². The van der Waals surface area contributed by atoms with Crippen LogP contribution < -0.4 is 0 Å². The molecule has 0 aromatic carbocycles. The Hall–Kier alpha value is 0. The molecule has 0 radical (unpaired) electrons. The molecule has 0 spiro atoms. The minimum atomic E-state index is 0.593. The predicted octanol–water partition coefficient (Wildman–Crippen LogP) is 4.10. The first-order chi connectivity index (χ1) is 5.50. The molecule has 0 bridgehead atoms. The molecule has 0 N–H and O–H groups in total. The third-order valence-electron chi connectivity index (χ3n) is 4.47. The highest BCUT2D eigenvalue weighted by Gasteiger charge is 2.42. The van der Waals surface area contributed by atoms with Crippen LogP contribution in [-0.4, -0.2) is 0 Å². The predicted molar refractivity (Wildman–Crippen MR) is 55.1 cm³/mol. The highest BCUT2D eigenvalue weighted by molar-refractivity contribution is 4.91. The third-order valence-corrected chi connectivity index (χ3v) is 4.47. The van der Waals surface area contributed by atoms with Gasteiger partial charge in [0.25, 0.3) is 0 Å². The fourth-order valence-corrected chi connectivity index (χ4v) is 2.84. The Labute approximate surface area is 77.7 Å². The fraction of sp³-hybridized carbons (Fsp3) is 1.00. The summed E-state index contributed by atoms with van der Waals surface area (Å²) in [6.45, 7) is 12.1. The van der Waals surface area contributed by atoms with Crippen LogP contribution >= 0.6 is 0 Å². The molecule has 0 nitrogen and oxygen atoms in total. The maximum atomic E-state index is 2.46. The molecular weight excluding hydrogens is 144 g/mol. The monoisotopic (exact) mass is 168 g/mol. The van der Waals surface area contributed by atoms with Gasteiger partial charge in [-0.2, -0.15) is 0 Å². The van der Waals surface area contributed by atoms with Crippen LogP contribution in [0.15, 0.2) is 0 Å². The van der Waals surface area contributed by atoms with Crippen molar-refractivity contribution < 1.29 is 0 Å². The Balaban J connectivity index is 2.67. The molecule has 1 aliphatic rings. The Morgan fingerprint density at radius 2 is 1.92 bits per heavy atom. The Morgan fingerprint density at radius 3 is 2.25 bits per heavy atom. The van der Waals surface area contributed by atoms with Gasteiger partial charge in [-0.3, -0.25) is 0 Å². The Morgan fingerprint density at radius 1 is 1.33 bits per heavy atom. The van der Waals surface area contributed by atoms with E-state index in [0.29, 0.717) is 5.41 Å². The largest absolute Gasteiger partial charge is 0.0651 e. The lowest BCUT2D eigenvalue weighted by atomic mass is 9.71. The van der Waals surface area contributed by atoms with Crippen molar-refractivity contribution in [2.45, 2.75) is 53.9 Å². The summed E-state index contributed by atoms with van der Waals surface area (Å²) in [7, 11) is 0. The quantitative estimate of drug-likeness (QED) is 0.582. The van der Waals surface area contributed by atoms with Gasteiger partial charge in [0.05, 0.1) is 0 Å². The van der Waals surface area contributed by atoms with Gasteiger partial charge in [0.15, 0.2) is 0 Å². The van der Waals surface area contributed by atoms with E-state index in [1.54, 1.807) is 0 Å². The summed E-state index contributed by atoms with van der Waals surface area (Å²) in [5, 5.41) is 0. The summed E-state index contributed by atoms with van der Waals surface area (Å²) in [6, 6.07) is 0. The van der Waals surface area contributed by atoms with Gasteiger partial charge in [-0.15, -0.1) is 0 Å². The molecule has 1 fully saturated rings. The summed E-state index contributed by atoms with van der Waals surface area (Å²) in [5.74, 6) is 2.82. The zero-order chi connectivity index (χ0) is 9.35. The van der Waals surface area contributed by atoms with Crippen molar-refractivity contribution in [3.63, 3.8) is 0 Å². The highest BCUT2D eigenvalue weighted by Crippen LogP contribution is 2.50. The minimum absolute atomic E-state index is 0.593. The van der Waals surface area contributed by atoms with Gasteiger partial charge in [-0.1, -0.05) is 41.0 Å². The smallest absolute Gasteiger partial charge is 0.0298 e. The van der Waals surface area contributed by atoms with E-state index in [1.807, 2.05) is 0 Å². The lowest BCUT2D eigenvalue weighted by Crippen LogP contribution is -2.27. The summed E-state index contributed by atoms with van der Waals surface area (Å²) in [5.41, 5.74) is 0.593. The van der Waals surface area contributed by atoms with E-state index in [4.69, 9.17) is 0 Å². The van der Waals surface area contributed by atoms with E-state index in [0.717, 1.165) is 17.8 Å². The van der Waals surface area contributed by atoms with Crippen LogP contribution in [0, 0.1) is 23.2 Å². The molecular formula is C12H24. The SMILES string of the molecule is CCC(C)C1CCC(C)C1(C)C. The molecule has 0 heteroatoms. The van der Waals surface area contributed by atoms with Gasteiger partial charge < -0.3 is 0 Å². The fourth-order valence-electron chi connectivity index (χ4n) is 2.84. The van der Waals surface area contributed by atoms with Gasteiger partial charge in [-0.25, -0.2) is 0 Å². The van der Waals surface area contributed by atoms with Crippen molar-refractivity contribution in [3.8, 4) is 0 Å². The molecule has 0 amide bonds. The van der Waals surface area contributed by atoms with Crippen LogP contribution in [0.2, 0.25) is 0 Å². The molecule has 3 atom stereocenters. The van der Waals surface area contributed by atoms with Crippen molar-refractivity contribution in [2.75, 3.05) is 0 Å². The van der Waals surface area contributed by atoms with Gasteiger partial charge in [0.2, 0.25) is 0 Å². The van der Waals surface area contributed by atoms with Crippen molar-refractivity contribution >= 4 is 0 Å². The van der Waals surface area contributed by atoms with Gasteiger partial charge in [0, 0.05) is 0 Å². The first-order valence-corrected chi connectivity index (χ1v) is 5.50. The van der Waals surface area contributed by atoms with Crippen LogP contribution in [0.4, 0.5) is 0 Å².